The molecule has 0 spiro atoms. The molecule has 1 aromatic rings. The van der Waals surface area contributed by atoms with Crippen LogP contribution in [0.25, 0.3) is 0 Å². The summed E-state index contributed by atoms with van der Waals surface area (Å²) >= 11 is 2.07. The summed E-state index contributed by atoms with van der Waals surface area (Å²) in [6, 6.07) is 6.48. The average Bonchev–Trinajstić information content (AvgIpc) is 2.46. The number of benzene rings is 1. The Bertz CT molecular complexity index is 405. The summed E-state index contributed by atoms with van der Waals surface area (Å²) in [5.74, 6) is 10.1. The highest BCUT2D eigenvalue weighted by Crippen LogP contribution is 2.32. The standard InChI is InChI=1S/C15H24N2OS/c1-11-9-13(18-2)3-4-14(11)15(17-16)10-12-5-7-19-8-6-12/h3-4,9,12,15,17H,5-8,10,16H2,1-2H3. The number of nitrogens with one attached hydrogen (secondary N) is 1. The first kappa shape index (κ1) is 14.7. The molecule has 0 amide bonds. The highest BCUT2D eigenvalue weighted by atomic mass is 32.2. The molecule has 3 N–H and O–H groups in total. The Kier molecular flexibility index (Phi) is 5.55. The van der Waals surface area contributed by atoms with Crippen LogP contribution in [-0.4, -0.2) is 18.6 Å². The van der Waals surface area contributed by atoms with Gasteiger partial charge in [-0.1, -0.05) is 6.07 Å². The van der Waals surface area contributed by atoms with E-state index >= 15 is 0 Å². The van der Waals surface area contributed by atoms with E-state index in [-0.39, 0.29) is 6.04 Å². The molecule has 1 aromatic carbocycles. The van der Waals surface area contributed by atoms with Crippen molar-refractivity contribution in [2.75, 3.05) is 18.6 Å². The minimum atomic E-state index is 0.249. The molecule has 0 aromatic heterocycles. The zero-order valence-corrected chi connectivity index (χ0v) is 12.6. The number of rotatable bonds is 5. The molecule has 4 heteroatoms. The molecule has 1 unspecified atom stereocenters. The van der Waals surface area contributed by atoms with Crippen molar-refractivity contribution in [1.29, 1.82) is 0 Å². The zero-order chi connectivity index (χ0) is 13.7. The quantitative estimate of drug-likeness (QED) is 0.643. The Morgan fingerprint density at radius 2 is 2.16 bits per heavy atom. The average molecular weight is 280 g/mol. The zero-order valence-electron chi connectivity index (χ0n) is 11.8. The minimum absolute atomic E-state index is 0.249. The van der Waals surface area contributed by atoms with Crippen molar-refractivity contribution in [3.8, 4) is 5.75 Å². The van der Waals surface area contributed by atoms with E-state index in [1.54, 1.807) is 7.11 Å². The van der Waals surface area contributed by atoms with Gasteiger partial charge in [-0.25, -0.2) is 0 Å². The van der Waals surface area contributed by atoms with E-state index in [2.05, 4.69) is 36.2 Å². The summed E-state index contributed by atoms with van der Waals surface area (Å²) in [6.45, 7) is 2.12. The van der Waals surface area contributed by atoms with Gasteiger partial charge >= 0.3 is 0 Å². The van der Waals surface area contributed by atoms with Gasteiger partial charge in [-0.05, 0) is 66.9 Å². The van der Waals surface area contributed by atoms with E-state index in [0.717, 1.165) is 18.1 Å². The lowest BCUT2D eigenvalue weighted by molar-refractivity contribution is 0.372. The minimum Gasteiger partial charge on any atom is -0.497 e. The van der Waals surface area contributed by atoms with E-state index in [1.807, 2.05) is 6.07 Å². The van der Waals surface area contributed by atoms with Crippen molar-refractivity contribution >= 4 is 11.8 Å². The second-order valence-electron chi connectivity index (χ2n) is 5.23. The third-order valence-corrected chi connectivity index (χ3v) is 5.01. The van der Waals surface area contributed by atoms with Crippen LogP contribution >= 0.6 is 11.8 Å². The summed E-state index contributed by atoms with van der Waals surface area (Å²) in [5.41, 5.74) is 5.53. The lowest BCUT2D eigenvalue weighted by Gasteiger charge is -2.27. The Balaban J connectivity index is 2.07. The largest absolute Gasteiger partial charge is 0.497 e. The first-order valence-corrected chi connectivity index (χ1v) is 8.08. The van der Waals surface area contributed by atoms with Gasteiger partial charge in [0.2, 0.25) is 0 Å². The van der Waals surface area contributed by atoms with Gasteiger partial charge in [0, 0.05) is 6.04 Å². The Morgan fingerprint density at radius 3 is 2.74 bits per heavy atom. The van der Waals surface area contributed by atoms with Gasteiger partial charge in [0.1, 0.15) is 5.75 Å². The fourth-order valence-corrected chi connectivity index (χ4v) is 3.97. The van der Waals surface area contributed by atoms with Gasteiger partial charge < -0.3 is 4.74 Å². The lowest BCUT2D eigenvalue weighted by Crippen LogP contribution is -2.31. The number of ether oxygens (including phenoxy) is 1. The molecule has 1 aliphatic heterocycles. The summed E-state index contributed by atoms with van der Waals surface area (Å²) in [4.78, 5) is 0. The topological polar surface area (TPSA) is 47.3 Å². The summed E-state index contributed by atoms with van der Waals surface area (Å²) in [5, 5.41) is 0. The maximum absolute atomic E-state index is 5.77. The fourth-order valence-electron chi connectivity index (χ4n) is 2.77. The van der Waals surface area contributed by atoms with Crippen molar-refractivity contribution in [3.63, 3.8) is 0 Å². The molecule has 1 atom stereocenters. The Hall–Kier alpha value is -0.710. The van der Waals surface area contributed by atoms with Gasteiger partial charge in [0.15, 0.2) is 0 Å². The van der Waals surface area contributed by atoms with E-state index < -0.39 is 0 Å². The van der Waals surface area contributed by atoms with E-state index in [9.17, 15) is 0 Å². The molecule has 0 radical (unpaired) electrons. The number of hydrogen-bond acceptors (Lipinski definition) is 4. The molecule has 106 valence electrons. The smallest absolute Gasteiger partial charge is 0.119 e. The molecule has 3 nitrogen and oxygen atoms in total. The molecule has 0 bridgehead atoms. The molecular weight excluding hydrogens is 256 g/mol. The highest BCUT2D eigenvalue weighted by molar-refractivity contribution is 7.99. The van der Waals surface area contributed by atoms with Crippen molar-refractivity contribution in [1.82, 2.24) is 5.43 Å². The predicted molar refractivity (Wildman–Crippen MR) is 82.5 cm³/mol. The first-order chi connectivity index (χ1) is 9.24. The van der Waals surface area contributed by atoms with Crippen LogP contribution in [0.5, 0.6) is 5.75 Å². The molecule has 0 aliphatic carbocycles. The number of thioether (sulfide) groups is 1. The Morgan fingerprint density at radius 1 is 1.42 bits per heavy atom. The van der Waals surface area contributed by atoms with Gasteiger partial charge in [0.05, 0.1) is 7.11 Å². The maximum Gasteiger partial charge on any atom is 0.119 e. The number of hydrazine groups is 1. The molecular formula is C15H24N2OS. The van der Waals surface area contributed by atoms with Crippen molar-refractivity contribution in [3.05, 3.63) is 29.3 Å². The fraction of sp³-hybridized carbons (Fsp3) is 0.600. The van der Waals surface area contributed by atoms with Crippen LogP contribution in [0, 0.1) is 12.8 Å². The van der Waals surface area contributed by atoms with E-state index in [4.69, 9.17) is 10.6 Å². The molecule has 1 saturated heterocycles. The number of aryl methyl sites for hydroxylation is 1. The maximum atomic E-state index is 5.77. The lowest BCUT2D eigenvalue weighted by atomic mass is 9.89. The first-order valence-electron chi connectivity index (χ1n) is 6.93. The van der Waals surface area contributed by atoms with Gasteiger partial charge in [-0.3, -0.25) is 11.3 Å². The molecule has 1 aliphatic rings. The van der Waals surface area contributed by atoms with E-state index in [1.165, 1.54) is 35.5 Å². The van der Waals surface area contributed by atoms with E-state index in [0.29, 0.717) is 0 Å². The molecule has 1 fully saturated rings. The summed E-state index contributed by atoms with van der Waals surface area (Å²) < 4.78 is 5.26. The van der Waals surface area contributed by atoms with Crippen molar-refractivity contribution in [2.24, 2.45) is 11.8 Å². The van der Waals surface area contributed by atoms with Crippen molar-refractivity contribution in [2.45, 2.75) is 32.2 Å². The predicted octanol–water partition coefficient (Wildman–Crippen LogP) is 3.04. The van der Waals surface area contributed by atoms with Gasteiger partial charge in [0.25, 0.3) is 0 Å². The van der Waals surface area contributed by atoms with Crippen LogP contribution in [0.15, 0.2) is 18.2 Å². The third-order valence-electron chi connectivity index (χ3n) is 3.96. The SMILES string of the molecule is COc1ccc(C(CC2CCSCC2)NN)c(C)c1. The molecule has 0 saturated carbocycles. The second kappa shape index (κ2) is 7.17. The van der Waals surface area contributed by atoms with Crippen LogP contribution < -0.4 is 16.0 Å². The van der Waals surface area contributed by atoms with Crippen LogP contribution in [0.1, 0.15) is 36.4 Å². The third kappa shape index (κ3) is 3.88. The van der Waals surface area contributed by atoms with Gasteiger partial charge in [-0.2, -0.15) is 11.8 Å². The molecule has 19 heavy (non-hydrogen) atoms. The normalized spacial score (nSPS) is 18.3. The highest BCUT2D eigenvalue weighted by Gasteiger charge is 2.20. The van der Waals surface area contributed by atoms with Crippen LogP contribution in [0.2, 0.25) is 0 Å². The molecule has 2 rings (SSSR count). The monoisotopic (exact) mass is 280 g/mol. The van der Waals surface area contributed by atoms with Crippen LogP contribution in [-0.2, 0) is 0 Å². The summed E-state index contributed by atoms with van der Waals surface area (Å²) in [6.07, 6.45) is 3.76. The van der Waals surface area contributed by atoms with Crippen LogP contribution in [0.4, 0.5) is 0 Å². The van der Waals surface area contributed by atoms with Crippen LogP contribution in [0.3, 0.4) is 0 Å². The number of methoxy groups -OCH3 is 1. The van der Waals surface area contributed by atoms with Gasteiger partial charge in [-0.15, -0.1) is 0 Å². The summed E-state index contributed by atoms with van der Waals surface area (Å²) in [7, 11) is 1.70. The van der Waals surface area contributed by atoms with Crippen molar-refractivity contribution < 1.29 is 4.74 Å². The number of nitrogens with two attached hydrogens (primary N) is 1. The second-order valence-corrected chi connectivity index (χ2v) is 6.46. The Labute approximate surface area is 120 Å². The molecule has 1 heterocycles. The number of hydrogen-bond donors (Lipinski definition) is 2.